The van der Waals surface area contributed by atoms with Crippen LogP contribution in [0.25, 0.3) is 0 Å². The minimum absolute atomic E-state index is 0.155. The van der Waals surface area contributed by atoms with Crippen molar-refractivity contribution in [3.63, 3.8) is 0 Å². The summed E-state index contributed by atoms with van der Waals surface area (Å²) in [6.07, 6.45) is -6.69. The van der Waals surface area contributed by atoms with Crippen LogP contribution in [-0.4, -0.2) is 90.4 Å². The van der Waals surface area contributed by atoms with Gasteiger partial charge in [-0.3, -0.25) is 0 Å². The van der Waals surface area contributed by atoms with Crippen LogP contribution in [0, 0.1) is 0 Å². The molecule has 1 aliphatic rings. The normalized spacial score (nSPS) is 26.4. The van der Waals surface area contributed by atoms with Gasteiger partial charge in [-0.15, -0.1) is 0 Å². The van der Waals surface area contributed by atoms with Gasteiger partial charge in [0, 0.05) is 0 Å². The topological polar surface area (TPSA) is 180 Å². The number of hydrogen-bond acceptors (Lipinski definition) is 10. The molecule has 0 amide bonds. The number of aromatic hydroxyl groups is 3. The van der Waals surface area contributed by atoms with Gasteiger partial charge in [0.05, 0.1) is 18.8 Å². The molecule has 0 radical (unpaired) electrons. The summed E-state index contributed by atoms with van der Waals surface area (Å²) in [5.41, 5.74) is 1.65. The van der Waals surface area contributed by atoms with Crippen LogP contribution in [0.4, 0.5) is 0 Å². The Morgan fingerprint density at radius 1 is 0.800 bits per heavy atom. The fraction of sp³-hybridized carbons (Fsp3) is 0.520. The zero-order chi connectivity index (χ0) is 25.5. The molecule has 0 aliphatic carbocycles. The average Bonchev–Trinajstić information content (AvgIpc) is 2.84. The largest absolute Gasteiger partial charge is 0.508 e. The van der Waals surface area contributed by atoms with E-state index in [0.717, 1.165) is 5.56 Å². The molecule has 7 atom stereocenters. The zero-order valence-electron chi connectivity index (χ0n) is 19.2. The van der Waals surface area contributed by atoms with Crippen LogP contribution in [0.15, 0.2) is 42.5 Å². The molecule has 1 heterocycles. The first-order chi connectivity index (χ1) is 16.7. The van der Waals surface area contributed by atoms with E-state index < -0.39 is 49.5 Å². The molecule has 35 heavy (non-hydrogen) atoms. The second-order valence-electron chi connectivity index (χ2n) is 8.91. The van der Waals surface area contributed by atoms with Crippen molar-refractivity contribution in [3.05, 3.63) is 53.6 Å². The Labute approximate surface area is 203 Å². The van der Waals surface area contributed by atoms with Crippen LogP contribution >= 0.6 is 0 Å². The number of hydrogen-bond donors (Lipinski definition) is 8. The lowest BCUT2D eigenvalue weighted by atomic mass is 9.97. The maximum absolute atomic E-state index is 10.7. The highest BCUT2D eigenvalue weighted by molar-refractivity contribution is 5.40. The Morgan fingerprint density at radius 3 is 2.11 bits per heavy atom. The van der Waals surface area contributed by atoms with E-state index >= 15 is 0 Å². The van der Waals surface area contributed by atoms with Gasteiger partial charge in [0.25, 0.3) is 0 Å². The monoisotopic (exact) mass is 494 g/mol. The summed E-state index contributed by atoms with van der Waals surface area (Å²) in [5.74, 6) is -0.349. The van der Waals surface area contributed by atoms with E-state index in [1.165, 1.54) is 12.1 Å². The number of aliphatic hydroxyl groups is 5. The molecule has 8 N–H and O–H groups in total. The minimum atomic E-state index is -1.58. The lowest BCUT2D eigenvalue weighted by Gasteiger charge is -2.41. The van der Waals surface area contributed by atoms with E-state index in [2.05, 4.69) is 0 Å². The molecule has 0 bridgehead atoms. The van der Waals surface area contributed by atoms with E-state index in [9.17, 15) is 40.9 Å². The molecule has 2 aromatic rings. The Bertz CT molecular complexity index is 919. The third kappa shape index (κ3) is 7.52. The van der Waals surface area contributed by atoms with E-state index in [1.54, 1.807) is 30.3 Å². The van der Waals surface area contributed by atoms with Gasteiger partial charge in [0.2, 0.25) is 0 Å². The van der Waals surface area contributed by atoms with E-state index in [1.807, 2.05) is 0 Å². The van der Waals surface area contributed by atoms with Crippen molar-refractivity contribution < 1.29 is 50.3 Å². The van der Waals surface area contributed by atoms with Gasteiger partial charge in [-0.25, -0.2) is 0 Å². The molecule has 3 rings (SSSR count). The van der Waals surface area contributed by atoms with Gasteiger partial charge < -0.3 is 50.3 Å². The fourth-order valence-corrected chi connectivity index (χ4v) is 4.08. The van der Waals surface area contributed by atoms with Crippen LogP contribution in [0.2, 0.25) is 0 Å². The number of rotatable bonds is 11. The SMILES string of the molecule is OC[C@@H]1O[C@@H](O[C@H](CCc2ccc(O)c(O)c2)C[C@H](O)CCc2ccc(O)cc2)[C@@H](O)[C@@H](O)[C@@H]1O. The van der Waals surface area contributed by atoms with Crippen molar-refractivity contribution in [1.82, 2.24) is 0 Å². The Morgan fingerprint density at radius 2 is 1.46 bits per heavy atom. The lowest BCUT2D eigenvalue weighted by molar-refractivity contribution is -0.313. The highest BCUT2D eigenvalue weighted by Crippen LogP contribution is 2.28. The van der Waals surface area contributed by atoms with E-state index in [0.29, 0.717) is 31.2 Å². The number of benzene rings is 2. The highest BCUT2D eigenvalue weighted by Gasteiger charge is 2.44. The highest BCUT2D eigenvalue weighted by atomic mass is 16.7. The number of phenols is 3. The molecule has 0 aromatic heterocycles. The molecular weight excluding hydrogens is 460 g/mol. The Balaban J connectivity index is 1.66. The average molecular weight is 495 g/mol. The van der Waals surface area contributed by atoms with Crippen LogP contribution in [-0.2, 0) is 22.3 Å². The van der Waals surface area contributed by atoms with Gasteiger partial charge in [0.15, 0.2) is 17.8 Å². The molecule has 1 aliphatic heterocycles. The summed E-state index contributed by atoms with van der Waals surface area (Å²) in [6, 6.07) is 11.1. The van der Waals surface area contributed by atoms with Crippen molar-refractivity contribution >= 4 is 0 Å². The number of phenolic OH excluding ortho intramolecular Hbond substituents is 3. The maximum atomic E-state index is 10.7. The molecule has 194 valence electrons. The predicted octanol–water partition coefficient (Wildman–Crippen LogP) is 0.305. The summed E-state index contributed by atoms with van der Waals surface area (Å²) < 4.78 is 11.4. The van der Waals surface area contributed by atoms with Gasteiger partial charge >= 0.3 is 0 Å². The molecular formula is C25H34O10. The van der Waals surface area contributed by atoms with Crippen LogP contribution in [0.1, 0.15) is 30.4 Å². The predicted molar refractivity (Wildman–Crippen MR) is 124 cm³/mol. The van der Waals surface area contributed by atoms with Crippen molar-refractivity contribution in [2.45, 2.75) is 75.0 Å². The molecule has 0 unspecified atom stereocenters. The van der Waals surface area contributed by atoms with Crippen LogP contribution < -0.4 is 0 Å². The third-order valence-corrected chi connectivity index (χ3v) is 6.21. The summed E-state index contributed by atoms with van der Waals surface area (Å²) >= 11 is 0. The van der Waals surface area contributed by atoms with Crippen LogP contribution in [0.5, 0.6) is 17.2 Å². The molecule has 0 spiro atoms. The van der Waals surface area contributed by atoms with Crippen LogP contribution in [0.3, 0.4) is 0 Å². The quantitative estimate of drug-likeness (QED) is 0.203. The molecule has 0 saturated carbocycles. The number of aliphatic hydroxyl groups excluding tert-OH is 5. The van der Waals surface area contributed by atoms with Gasteiger partial charge in [0.1, 0.15) is 30.2 Å². The smallest absolute Gasteiger partial charge is 0.186 e. The third-order valence-electron chi connectivity index (χ3n) is 6.21. The van der Waals surface area contributed by atoms with Gasteiger partial charge in [-0.1, -0.05) is 18.2 Å². The first-order valence-corrected chi connectivity index (χ1v) is 11.6. The molecule has 2 aromatic carbocycles. The maximum Gasteiger partial charge on any atom is 0.186 e. The van der Waals surface area contributed by atoms with Crippen molar-refractivity contribution in [2.24, 2.45) is 0 Å². The van der Waals surface area contributed by atoms with E-state index in [-0.39, 0.29) is 23.7 Å². The number of ether oxygens (including phenoxy) is 2. The molecule has 10 heteroatoms. The summed E-state index contributed by atoms with van der Waals surface area (Å²) in [6.45, 7) is -0.586. The first-order valence-electron chi connectivity index (χ1n) is 11.6. The zero-order valence-corrected chi connectivity index (χ0v) is 19.2. The standard InChI is InChI=1S/C25H34O10/c26-13-21-22(31)23(32)24(33)25(35-21)34-18(9-4-15-5-10-19(29)20(30)11-15)12-17(28)8-3-14-1-6-16(27)7-2-14/h1-2,5-7,10-11,17-18,21-33H,3-4,8-9,12-13H2/t17-,18-,21+,22-,23+,24+,25-/m1/s1. The lowest BCUT2D eigenvalue weighted by Crippen LogP contribution is -2.59. The summed E-state index contributed by atoms with van der Waals surface area (Å²) in [4.78, 5) is 0. The molecule has 1 fully saturated rings. The second-order valence-corrected chi connectivity index (χ2v) is 8.91. The first kappa shape index (κ1) is 27.2. The van der Waals surface area contributed by atoms with E-state index in [4.69, 9.17) is 9.47 Å². The molecule has 1 saturated heterocycles. The summed E-state index contributed by atoms with van der Waals surface area (Å²) in [5, 5.41) is 79.2. The Kier molecular flexibility index (Phi) is 9.70. The molecule has 10 nitrogen and oxygen atoms in total. The fourth-order valence-electron chi connectivity index (χ4n) is 4.08. The Hall–Kier alpha value is -2.44. The number of aryl methyl sites for hydroxylation is 2. The van der Waals surface area contributed by atoms with Crippen molar-refractivity contribution in [3.8, 4) is 17.2 Å². The summed E-state index contributed by atoms with van der Waals surface area (Å²) in [7, 11) is 0. The van der Waals surface area contributed by atoms with Gasteiger partial charge in [-0.2, -0.15) is 0 Å². The van der Waals surface area contributed by atoms with Crippen molar-refractivity contribution in [1.29, 1.82) is 0 Å². The minimum Gasteiger partial charge on any atom is -0.508 e. The second kappa shape index (κ2) is 12.5. The van der Waals surface area contributed by atoms with Gasteiger partial charge in [-0.05, 0) is 67.5 Å². The van der Waals surface area contributed by atoms with Crippen molar-refractivity contribution in [2.75, 3.05) is 6.61 Å².